The fraction of sp³-hybridized carbons (Fsp3) is 0.941. The highest BCUT2D eigenvalue weighted by atomic mass is 16.2. The van der Waals surface area contributed by atoms with Crippen molar-refractivity contribution in [3.63, 3.8) is 0 Å². The number of likely N-dealkylation sites (tertiary alicyclic amines) is 1. The molecular weight excluding hydrogens is 248 g/mol. The van der Waals surface area contributed by atoms with Gasteiger partial charge in [0.1, 0.15) is 0 Å². The number of hydrogen-bond donors (Lipinski definition) is 1. The Balaban J connectivity index is 1.66. The third-order valence-electron chi connectivity index (χ3n) is 6.05. The molecule has 2 N–H and O–H groups in total. The third-order valence-corrected chi connectivity index (χ3v) is 6.05. The third kappa shape index (κ3) is 2.74. The fourth-order valence-corrected chi connectivity index (χ4v) is 4.92. The average Bonchev–Trinajstić information content (AvgIpc) is 3.09. The second kappa shape index (κ2) is 6.05. The maximum Gasteiger partial charge on any atom is 0.226 e. The normalized spacial score (nSPS) is 39.4. The average molecular weight is 278 g/mol. The van der Waals surface area contributed by atoms with Crippen molar-refractivity contribution < 1.29 is 4.79 Å². The van der Waals surface area contributed by atoms with E-state index >= 15 is 0 Å². The number of carbonyl (C=O) groups is 1. The van der Waals surface area contributed by atoms with Gasteiger partial charge in [-0.2, -0.15) is 0 Å². The summed E-state index contributed by atoms with van der Waals surface area (Å²) < 4.78 is 0. The zero-order chi connectivity index (χ0) is 14.1. The minimum Gasteiger partial charge on any atom is -0.339 e. The van der Waals surface area contributed by atoms with Crippen molar-refractivity contribution in [2.45, 2.75) is 76.8 Å². The maximum absolute atomic E-state index is 13.0. The Labute approximate surface area is 123 Å². The largest absolute Gasteiger partial charge is 0.339 e. The van der Waals surface area contributed by atoms with Gasteiger partial charge >= 0.3 is 0 Å². The molecule has 3 aliphatic rings. The fourth-order valence-electron chi connectivity index (χ4n) is 4.92. The highest BCUT2D eigenvalue weighted by molar-refractivity contribution is 5.80. The van der Waals surface area contributed by atoms with E-state index in [4.69, 9.17) is 5.73 Å². The second-order valence-corrected chi connectivity index (χ2v) is 7.44. The number of nitrogens with two attached hydrogens (primary N) is 1. The lowest BCUT2D eigenvalue weighted by molar-refractivity contribution is -0.140. The number of nitrogens with zero attached hydrogens (tertiary/aromatic N) is 1. The first kappa shape index (κ1) is 14.4. The summed E-state index contributed by atoms with van der Waals surface area (Å²) in [7, 11) is 0. The molecule has 0 aromatic carbocycles. The lowest BCUT2D eigenvalue weighted by Crippen LogP contribution is -2.46. The lowest BCUT2D eigenvalue weighted by atomic mass is 9.77. The van der Waals surface area contributed by atoms with Gasteiger partial charge in [-0.3, -0.25) is 4.79 Å². The van der Waals surface area contributed by atoms with E-state index in [1.54, 1.807) is 0 Å². The van der Waals surface area contributed by atoms with E-state index in [9.17, 15) is 4.79 Å². The van der Waals surface area contributed by atoms with E-state index in [0.29, 0.717) is 23.9 Å². The molecule has 0 bridgehead atoms. The summed E-state index contributed by atoms with van der Waals surface area (Å²) in [6, 6.07) is 0.881. The SMILES string of the molecule is CC1CC(N)CCC1C(=O)N1CCCC1C1CCCC1. The van der Waals surface area contributed by atoms with E-state index < -0.39 is 0 Å². The van der Waals surface area contributed by atoms with E-state index in [1.165, 1.54) is 38.5 Å². The van der Waals surface area contributed by atoms with Crippen molar-refractivity contribution in [2.75, 3.05) is 6.54 Å². The molecule has 0 radical (unpaired) electrons. The van der Waals surface area contributed by atoms with Gasteiger partial charge < -0.3 is 10.6 Å². The molecule has 1 aliphatic heterocycles. The predicted molar refractivity (Wildman–Crippen MR) is 81.2 cm³/mol. The molecule has 1 amide bonds. The van der Waals surface area contributed by atoms with Crippen LogP contribution in [0.3, 0.4) is 0 Å². The summed E-state index contributed by atoms with van der Waals surface area (Å²) in [5.41, 5.74) is 6.04. The van der Waals surface area contributed by atoms with E-state index in [-0.39, 0.29) is 5.92 Å². The Morgan fingerprint density at radius 2 is 1.80 bits per heavy atom. The Hall–Kier alpha value is -0.570. The molecule has 3 nitrogen and oxygen atoms in total. The van der Waals surface area contributed by atoms with Gasteiger partial charge in [-0.1, -0.05) is 19.8 Å². The van der Waals surface area contributed by atoms with Crippen molar-refractivity contribution in [1.29, 1.82) is 0 Å². The summed E-state index contributed by atoms with van der Waals surface area (Å²) in [4.78, 5) is 15.2. The molecule has 1 heterocycles. The van der Waals surface area contributed by atoms with Gasteiger partial charge in [-0.25, -0.2) is 0 Å². The van der Waals surface area contributed by atoms with E-state index in [2.05, 4.69) is 11.8 Å². The van der Waals surface area contributed by atoms with Gasteiger partial charge in [-0.15, -0.1) is 0 Å². The molecule has 0 aromatic rings. The predicted octanol–water partition coefficient (Wildman–Crippen LogP) is 2.93. The Morgan fingerprint density at radius 1 is 1.05 bits per heavy atom. The molecule has 0 aromatic heterocycles. The molecular formula is C17H30N2O. The first-order valence-electron chi connectivity index (χ1n) is 8.73. The van der Waals surface area contributed by atoms with Gasteiger partial charge in [-0.05, 0) is 56.8 Å². The molecule has 3 fully saturated rings. The van der Waals surface area contributed by atoms with E-state index in [0.717, 1.165) is 31.7 Å². The van der Waals surface area contributed by atoms with Crippen LogP contribution in [0.2, 0.25) is 0 Å². The lowest BCUT2D eigenvalue weighted by Gasteiger charge is -2.37. The summed E-state index contributed by atoms with van der Waals surface area (Å²) >= 11 is 0. The Morgan fingerprint density at radius 3 is 2.50 bits per heavy atom. The van der Waals surface area contributed by atoms with Crippen LogP contribution in [-0.2, 0) is 4.79 Å². The first-order chi connectivity index (χ1) is 9.66. The van der Waals surface area contributed by atoms with Crippen LogP contribution in [0.25, 0.3) is 0 Å². The molecule has 3 rings (SSSR count). The van der Waals surface area contributed by atoms with Crippen LogP contribution in [0.1, 0.15) is 64.7 Å². The van der Waals surface area contributed by atoms with Gasteiger partial charge in [0.25, 0.3) is 0 Å². The zero-order valence-corrected chi connectivity index (χ0v) is 12.9. The van der Waals surface area contributed by atoms with Crippen molar-refractivity contribution in [3.8, 4) is 0 Å². The number of hydrogen-bond acceptors (Lipinski definition) is 2. The molecule has 20 heavy (non-hydrogen) atoms. The van der Waals surface area contributed by atoms with Gasteiger partial charge in [0.15, 0.2) is 0 Å². The molecule has 3 heteroatoms. The van der Waals surface area contributed by atoms with Crippen LogP contribution < -0.4 is 5.73 Å². The van der Waals surface area contributed by atoms with Crippen LogP contribution >= 0.6 is 0 Å². The van der Waals surface area contributed by atoms with Gasteiger partial charge in [0.05, 0.1) is 0 Å². The molecule has 2 saturated carbocycles. The minimum atomic E-state index is 0.247. The highest BCUT2D eigenvalue weighted by Crippen LogP contribution is 2.38. The molecule has 2 aliphatic carbocycles. The smallest absolute Gasteiger partial charge is 0.226 e. The van der Waals surface area contributed by atoms with Crippen LogP contribution in [0, 0.1) is 17.8 Å². The Kier molecular flexibility index (Phi) is 4.34. The molecule has 0 spiro atoms. The van der Waals surface area contributed by atoms with Crippen LogP contribution in [0.5, 0.6) is 0 Å². The van der Waals surface area contributed by atoms with Crippen LogP contribution in [0.4, 0.5) is 0 Å². The molecule has 1 saturated heterocycles. The van der Waals surface area contributed by atoms with Crippen molar-refractivity contribution in [3.05, 3.63) is 0 Å². The quantitative estimate of drug-likeness (QED) is 0.844. The summed E-state index contributed by atoms with van der Waals surface area (Å²) in [6.07, 6.45) is 11.0. The van der Waals surface area contributed by atoms with Gasteiger partial charge in [0.2, 0.25) is 5.91 Å². The van der Waals surface area contributed by atoms with Crippen LogP contribution in [-0.4, -0.2) is 29.4 Å². The number of rotatable bonds is 2. The van der Waals surface area contributed by atoms with E-state index in [1.807, 2.05) is 0 Å². The topological polar surface area (TPSA) is 46.3 Å². The number of carbonyl (C=O) groups excluding carboxylic acids is 1. The first-order valence-corrected chi connectivity index (χ1v) is 8.73. The van der Waals surface area contributed by atoms with Crippen molar-refractivity contribution in [2.24, 2.45) is 23.5 Å². The summed E-state index contributed by atoms with van der Waals surface area (Å²) in [5, 5.41) is 0. The summed E-state index contributed by atoms with van der Waals surface area (Å²) in [6.45, 7) is 3.23. The maximum atomic E-state index is 13.0. The minimum absolute atomic E-state index is 0.247. The zero-order valence-electron chi connectivity index (χ0n) is 12.9. The molecule has 4 atom stereocenters. The number of amides is 1. The Bertz CT molecular complexity index is 351. The highest BCUT2D eigenvalue weighted by Gasteiger charge is 2.40. The standard InChI is InChI=1S/C17H30N2O/c1-12-11-14(18)8-9-15(12)17(20)19-10-4-7-16(19)13-5-2-3-6-13/h12-16H,2-11,18H2,1H3. The van der Waals surface area contributed by atoms with Gasteiger partial charge in [0, 0.05) is 24.5 Å². The second-order valence-electron chi connectivity index (χ2n) is 7.44. The van der Waals surface area contributed by atoms with Crippen molar-refractivity contribution >= 4 is 5.91 Å². The van der Waals surface area contributed by atoms with Crippen molar-refractivity contribution in [1.82, 2.24) is 4.90 Å². The summed E-state index contributed by atoms with van der Waals surface area (Å²) in [5.74, 6) is 1.97. The van der Waals surface area contributed by atoms with Crippen LogP contribution in [0.15, 0.2) is 0 Å². The monoisotopic (exact) mass is 278 g/mol. The molecule has 114 valence electrons. The molecule has 4 unspecified atom stereocenters.